The van der Waals surface area contributed by atoms with Crippen molar-refractivity contribution in [2.45, 2.75) is 18.9 Å². The Hall–Kier alpha value is -2.76. The Kier molecular flexibility index (Phi) is 4.55. The van der Waals surface area contributed by atoms with Gasteiger partial charge in [0.05, 0.1) is 26.7 Å². The Bertz CT molecular complexity index is 748. The van der Waals surface area contributed by atoms with Crippen LogP contribution in [0, 0.1) is 0 Å². The van der Waals surface area contributed by atoms with Gasteiger partial charge in [-0.15, -0.1) is 0 Å². The Labute approximate surface area is 140 Å². The lowest BCUT2D eigenvalue weighted by Crippen LogP contribution is -2.33. The number of benzene rings is 1. The molecule has 1 unspecified atom stereocenters. The molecule has 0 spiro atoms. The molecule has 0 amide bonds. The van der Waals surface area contributed by atoms with E-state index in [4.69, 9.17) is 9.47 Å². The van der Waals surface area contributed by atoms with Gasteiger partial charge in [0.25, 0.3) is 0 Å². The molecule has 0 radical (unpaired) electrons. The van der Waals surface area contributed by atoms with Gasteiger partial charge in [-0.05, 0) is 18.1 Å². The zero-order chi connectivity index (χ0) is 17.1. The molecular weight excluding hydrogens is 308 g/mol. The minimum Gasteiger partial charge on any atom is -0.493 e. The highest BCUT2D eigenvalue weighted by atomic mass is 16.5. The fourth-order valence-electron chi connectivity index (χ4n) is 3.20. The van der Waals surface area contributed by atoms with Crippen molar-refractivity contribution in [1.29, 1.82) is 0 Å². The van der Waals surface area contributed by atoms with Crippen LogP contribution in [0.15, 0.2) is 36.5 Å². The lowest BCUT2D eigenvalue weighted by molar-refractivity contribution is -0.139. The highest BCUT2D eigenvalue weighted by Gasteiger charge is 2.30. The number of hydrogen-bond donors (Lipinski definition) is 1. The average molecular weight is 328 g/mol. The van der Waals surface area contributed by atoms with E-state index in [1.54, 1.807) is 26.5 Å². The third-order valence-electron chi connectivity index (χ3n) is 4.35. The quantitative estimate of drug-likeness (QED) is 0.910. The van der Waals surface area contributed by atoms with E-state index in [-0.39, 0.29) is 0 Å². The van der Waals surface area contributed by atoms with Crippen molar-refractivity contribution in [3.8, 4) is 11.5 Å². The molecule has 126 valence electrons. The summed E-state index contributed by atoms with van der Waals surface area (Å²) in [6.45, 7) is 1.18. The first-order chi connectivity index (χ1) is 11.7. The van der Waals surface area contributed by atoms with E-state index < -0.39 is 11.9 Å². The monoisotopic (exact) mass is 328 g/mol. The Balaban J connectivity index is 1.95. The van der Waals surface area contributed by atoms with Crippen LogP contribution in [0.2, 0.25) is 0 Å². The van der Waals surface area contributed by atoms with Gasteiger partial charge in [-0.3, -0.25) is 9.78 Å². The van der Waals surface area contributed by atoms with Crippen LogP contribution in [0.3, 0.4) is 0 Å². The second-order valence-electron chi connectivity index (χ2n) is 5.65. The number of aromatic nitrogens is 1. The summed E-state index contributed by atoms with van der Waals surface area (Å²) in [5.41, 5.74) is 2.54. The summed E-state index contributed by atoms with van der Waals surface area (Å²) in [5.74, 6) is 0.00541. The third-order valence-corrected chi connectivity index (χ3v) is 4.35. The first kappa shape index (κ1) is 16.1. The van der Waals surface area contributed by atoms with Crippen LogP contribution in [0.1, 0.15) is 23.6 Å². The summed E-state index contributed by atoms with van der Waals surface area (Å²) >= 11 is 0. The minimum absolute atomic E-state index is 0.461. The van der Waals surface area contributed by atoms with Crippen LogP contribution in [-0.2, 0) is 11.3 Å². The molecule has 1 atom stereocenters. The molecule has 1 N–H and O–H groups in total. The van der Waals surface area contributed by atoms with Crippen molar-refractivity contribution in [2.24, 2.45) is 0 Å². The molecule has 0 aliphatic carbocycles. The number of pyridine rings is 1. The van der Waals surface area contributed by atoms with Gasteiger partial charge in [0.2, 0.25) is 0 Å². The van der Waals surface area contributed by atoms with Gasteiger partial charge >= 0.3 is 5.97 Å². The minimum atomic E-state index is -0.779. The van der Waals surface area contributed by atoms with E-state index in [0.29, 0.717) is 31.0 Å². The number of carbonyl (C=O) groups is 1. The van der Waals surface area contributed by atoms with Gasteiger partial charge < -0.3 is 19.5 Å². The lowest BCUT2D eigenvalue weighted by atomic mass is 9.90. The maximum Gasteiger partial charge on any atom is 0.311 e. The SMILES string of the molecule is COc1ccnc(CN2CCC(C(=O)O)c3ccccc32)c1OC. The first-order valence-electron chi connectivity index (χ1n) is 7.78. The van der Waals surface area contributed by atoms with Crippen molar-refractivity contribution in [1.82, 2.24) is 4.98 Å². The molecule has 1 aliphatic rings. The van der Waals surface area contributed by atoms with Crippen LogP contribution in [0.4, 0.5) is 5.69 Å². The van der Waals surface area contributed by atoms with Crippen LogP contribution in [0.25, 0.3) is 0 Å². The highest BCUT2D eigenvalue weighted by Crippen LogP contribution is 2.37. The maximum absolute atomic E-state index is 11.5. The molecule has 0 bridgehead atoms. The molecule has 0 fully saturated rings. The second-order valence-corrected chi connectivity index (χ2v) is 5.65. The van der Waals surface area contributed by atoms with E-state index in [9.17, 15) is 9.90 Å². The second kappa shape index (κ2) is 6.78. The summed E-state index contributed by atoms with van der Waals surface area (Å²) < 4.78 is 10.8. The molecular formula is C18H20N2O4. The van der Waals surface area contributed by atoms with Crippen molar-refractivity contribution in [2.75, 3.05) is 25.7 Å². The molecule has 1 aromatic carbocycles. The van der Waals surface area contributed by atoms with Crippen LogP contribution >= 0.6 is 0 Å². The molecule has 2 aromatic rings. The van der Waals surface area contributed by atoms with Crippen LogP contribution in [-0.4, -0.2) is 36.8 Å². The zero-order valence-corrected chi connectivity index (χ0v) is 13.7. The van der Waals surface area contributed by atoms with Gasteiger partial charge in [0.15, 0.2) is 11.5 Å². The Morgan fingerprint density at radius 1 is 1.29 bits per heavy atom. The lowest BCUT2D eigenvalue weighted by Gasteiger charge is -2.34. The fourth-order valence-corrected chi connectivity index (χ4v) is 3.20. The molecule has 0 saturated heterocycles. The van der Waals surface area contributed by atoms with Crippen molar-refractivity contribution < 1.29 is 19.4 Å². The predicted octanol–water partition coefficient (Wildman–Crippen LogP) is 2.68. The highest BCUT2D eigenvalue weighted by molar-refractivity contribution is 5.80. The van der Waals surface area contributed by atoms with Crippen molar-refractivity contribution >= 4 is 11.7 Å². The number of aliphatic carboxylic acids is 1. The molecule has 6 heteroatoms. The number of carboxylic acids is 1. The number of fused-ring (bicyclic) bond motifs is 1. The van der Waals surface area contributed by atoms with E-state index in [0.717, 1.165) is 16.9 Å². The molecule has 0 saturated carbocycles. The summed E-state index contributed by atoms with van der Waals surface area (Å²) in [5, 5.41) is 9.44. The molecule has 1 aromatic heterocycles. The summed E-state index contributed by atoms with van der Waals surface area (Å²) in [6, 6.07) is 9.40. The first-order valence-corrected chi connectivity index (χ1v) is 7.78. The Morgan fingerprint density at radius 2 is 2.08 bits per heavy atom. The standard InChI is InChI=1S/C18H20N2O4/c1-23-16-7-9-19-14(17(16)24-2)11-20-10-8-13(18(21)22)12-5-3-4-6-15(12)20/h3-7,9,13H,8,10-11H2,1-2H3,(H,21,22). The van der Waals surface area contributed by atoms with Gasteiger partial charge in [-0.1, -0.05) is 18.2 Å². The van der Waals surface area contributed by atoms with E-state index >= 15 is 0 Å². The number of anilines is 1. The maximum atomic E-state index is 11.5. The summed E-state index contributed by atoms with van der Waals surface area (Å²) in [4.78, 5) is 18.1. The zero-order valence-electron chi connectivity index (χ0n) is 13.7. The molecule has 3 rings (SSSR count). The van der Waals surface area contributed by atoms with Crippen LogP contribution in [0.5, 0.6) is 11.5 Å². The topological polar surface area (TPSA) is 71.9 Å². The number of ether oxygens (including phenoxy) is 2. The fraction of sp³-hybridized carbons (Fsp3) is 0.333. The summed E-state index contributed by atoms with van der Waals surface area (Å²) in [6.07, 6.45) is 2.26. The largest absolute Gasteiger partial charge is 0.493 e. The number of methoxy groups -OCH3 is 2. The summed E-state index contributed by atoms with van der Waals surface area (Å²) in [7, 11) is 3.18. The smallest absolute Gasteiger partial charge is 0.311 e. The van der Waals surface area contributed by atoms with Crippen molar-refractivity contribution in [3.63, 3.8) is 0 Å². The van der Waals surface area contributed by atoms with E-state index in [1.807, 2.05) is 24.3 Å². The molecule has 6 nitrogen and oxygen atoms in total. The van der Waals surface area contributed by atoms with E-state index in [1.165, 1.54) is 0 Å². The molecule has 1 aliphatic heterocycles. The molecule has 2 heterocycles. The number of para-hydroxylation sites is 1. The molecule has 24 heavy (non-hydrogen) atoms. The Morgan fingerprint density at radius 3 is 2.79 bits per heavy atom. The van der Waals surface area contributed by atoms with Gasteiger partial charge in [-0.25, -0.2) is 0 Å². The van der Waals surface area contributed by atoms with Gasteiger partial charge in [0, 0.05) is 24.5 Å². The normalized spacial score (nSPS) is 16.4. The number of hydrogen-bond acceptors (Lipinski definition) is 5. The van der Waals surface area contributed by atoms with Crippen molar-refractivity contribution in [3.05, 3.63) is 47.8 Å². The average Bonchev–Trinajstić information content (AvgIpc) is 2.61. The van der Waals surface area contributed by atoms with E-state index in [2.05, 4.69) is 9.88 Å². The van der Waals surface area contributed by atoms with Crippen LogP contribution < -0.4 is 14.4 Å². The number of carboxylic acid groups (broad SMARTS) is 1. The third kappa shape index (κ3) is 2.87. The van der Waals surface area contributed by atoms with Gasteiger partial charge in [0.1, 0.15) is 5.69 Å². The van der Waals surface area contributed by atoms with Gasteiger partial charge in [-0.2, -0.15) is 0 Å². The predicted molar refractivity (Wildman–Crippen MR) is 89.8 cm³/mol. The number of nitrogens with zero attached hydrogens (tertiary/aromatic N) is 2. The number of rotatable bonds is 5.